The molecule has 0 spiro atoms. The Morgan fingerprint density at radius 3 is 2.50 bits per heavy atom. The number of benzene rings is 1. The second-order valence-electron chi connectivity index (χ2n) is 4.74. The quantitative estimate of drug-likeness (QED) is 0.888. The number of rotatable bonds is 5. The van der Waals surface area contributed by atoms with Crippen LogP contribution in [0.1, 0.15) is 40.7 Å². The third-order valence-electron chi connectivity index (χ3n) is 2.93. The van der Waals surface area contributed by atoms with Gasteiger partial charge in [-0.15, -0.1) is 10.2 Å². The third-order valence-corrected chi connectivity index (χ3v) is 3.87. The molecule has 1 aromatic carbocycles. The van der Waals surface area contributed by atoms with Crippen LogP contribution in [0, 0.1) is 0 Å². The number of aromatic nitrogens is 2. The molecule has 0 radical (unpaired) electrons. The Labute approximate surface area is 122 Å². The van der Waals surface area contributed by atoms with Crippen molar-refractivity contribution in [3.63, 3.8) is 0 Å². The maximum absolute atomic E-state index is 11.9. The van der Waals surface area contributed by atoms with Gasteiger partial charge in [0.2, 0.25) is 10.1 Å². The van der Waals surface area contributed by atoms with Gasteiger partial charge in [-0.3, -0.25) is 4.79 Å². The first kappa shape index (κ1) is 14.5. The van der Waals surface area contributed by atoms with Gasteiger partial charge in [0.05, 0.1) is 0 Å². The van der Waals surface area contributed by atoms with Gasteiger partial charge in [0.1, 0.15) is 0 Å². The smallest absolute Gasteiger partial charge is 0.282 e. The van der Waals surface area contributed by atoms with E-state index in [1.807, 2.05) is 12.1 Å². The van der Waals surface area contributed by atoms with Crippen molar-refractivity contribution in [2.75, 3.05) is 12.4 Å². The van der Waals surface area contributed by atoms with E-state index < -0.39 is 0 Å². The lowest BCUT2D eigenvalue weighted by Gasteiger charge is -2.07. The van der Waals surface area contributed by atoms with E-state index in [4.69, 9.17) is 0 Å². The lowest BCUT2D eigenvalue weighted by molar-refractivity contribution is 0.0950. The fourth-order valence-corrected chi connectivity index (χ4v) is 2.31. The van der Waals surface area contributed by atoms with Crippen LogP contribution in [0.4, 0.5) is 5.13 Å². The monoisotopic (exact) mass is 290 g/mol. The summed E-state index contributed by atoms with van der Waals surface area (Å²) in [6.07, 6.45) is 0. The molecule has 0 atom stereocenters. The largest absolute Gasteiger partial charge is 0.363 e. The van der Waals surface area contributed by atoms with Crippen molar-refractivity contribution in [2.24, 2.45) is 0 Å². The summed E-state index contributed by atoms with van der Waals surface area (Å²) in [7, 11) is 1.75. The van der Waals surface area contributed by atoms with Gasteiger partial charge in [0, 0.05) is 13.6 Å². The molecular formula is C14H18N4OS. The van der Waals surface area contributed by atoms with Crippen LogP contribution in [0.25, 0.3) is 0 Å². The zero-order valence-electron chi connectivity index (χ0n) is 11.8. The predicted molar refractivity (Wildman–Crippen MR) is 81.2 cm³/mol. The molecule has 0 bridgehead atoms. The first-order chi connectivity index (χ1) is 9.60. The van der Waals surface area contributed by atoms with E-state index in [2.05, 4.69) is 46.8 Å². The zero-order chi connectivity index (χ0) is 14.5. The first-order valence-corrected chi connectivity index (χ1v) is 7.30. The Balaban J connectivity index is 1.92. The molecule has 1 heterocycles. The van der Waals surface area contributed by atoms with Crippen molar-refractivity contribution >= 4 is 22.4 Å². The topological polar surface area (TPSA) is 66.9 Å². The molecule has 2 rings (SSSR count). The number of carbonyl (C=O) groups excluding carboxylic acids is 1. The molecule has 0 unspecified atom stereocenters. The summed E-state index contributed by atoms with van der Waals surface area (Å²) in [6.45, 7) is 4.81. The molecule has 106 valence electrons. The van der Waals surface area contributed by atoms with Crippen molar-refractivity contribution in [1.29, 1.82) is 0 Å². The van der Waals surface area contributed by atoms with Gasteiger partial charge in [0.25, 0.3) is 5.91 Å². The number of nitrogens with one attached hydrogen (secondary N) is 2. The standard InChI is InChI=1S/C14H18N4OS/c1-9(2)11-6-4-10(5-7-11)8-16-12(19)13-17-18-14(15-3)20-13/h4-7,9H,8H2,1-3H3,(H,15,18)(H,16,19). The number of anilines is 1. The second kappa shape index (κ2) is 6.47. The van der Waals surface area contributed by atoms with Crippen LogP contribution in [-0.4, -0.2) is 23.2 Å². The van der Waals surface area contributed by atoms with E-state index in [9.17, 15) is 4.79 Å². The minimum absolute atomic E-state index is 0.197. The number of nitrogens with zero attached hydrogens (tertiary/aromatic N) is 2. The van der Waals surface area contributed by atoms with Gasteiger partial charge in [-0.2, -0.15) is 0 Å². The molecule has 0 aliphatic carbocycles. The molecule has 20 heavy (non-hydrogen) atoms. The minimum Gasteiger partial charge on any atom is -0.363 e. The Morgan fingerprint density at radius 1 is 1.25 bits per heavy atom. The van der Waals surface area contributed by atoms with Crippen LogP contribution in [0.15, 0.2) is 24.3 Å². The highest BCUT2D eigenvalue weighted by atomic mass is 32.1. The Hall–Kier alpha value is -1.95. The summed E-state index contributed by atoms with van der Waals surface area (Å²) in [4.78, 5) is 11.9. The molecule has 1 amide bonds. The minimum atomic E-state index is -0.197. The average Bonchev–Trinajstić information content (AvgIpc) is 2.94. The molecule has 0 aliphatic rings. The summed E-state index contributed by atoms with van der Waals surface area (Å²) < 4.78 is 0. The highest BCUT2D eigenvalue weighted by molar-refractivity contribution is 7.17. The van der Waals surface area contributed by atoms with E-state index in [0.29, 0.717) is 22.6 Å². The highest BCUT2D eigenvalue weighted by Gasteiger charge is 2.11. The van der Waals surface area contributed by atoms with Crippen LogP contribution in [0.3, 0.4) is 0 Å². The summed E-state index contributed by atoms with van der Waals surface area (Å²) >= 11 is 1.24. The Kier molecular flexibility index (Phi) is 4.68. The molecule has 5 nitrogen and oxygen atoms in total. The van der Waals surface area contributed by atoms with Gasteiger partial charge < -0.3 is 10.6 Å². The maximum Gasteiger partial charge on any atom is 0.282 e. The van der Waals surface area contributed by atoms with Gasteiger partial charge in [-0.25, -0.2) is 0 Å². The molecule has 0 saturated heterocycles. The number of amides is 1. The van der Waals surface area contributed by atoms with Crippen LogP contribution < -0.4 is 10.6 Å². The average molecular weight is 290 g/mol. The number of carbonyl (C=O) groups is 1. The summed E-state index contributed by atoms with van der Waals surface area (Å²) in [6, 6.07) is 8.26. The fourth-order valence-electron chi connectivity index (χ4n) is 1.69. The lowest BCUT2D eigenvalue weighted by atomic mass is 10.0. The zero-order valence-corrected chi connectivity index (χ0v) is 12.6. The predicted octanol–water partition coefficient (Wildman–Crippen LogP) is 2.63. The van der Waals surface area contributed by atoms with Crippen molar-refractivity contribution < 1.29 is 4.79 Å². The maximum atomic E-state index is 11.9. The van der Waals surface area contributed by atoms with E-state index in [1.165, 1.54) is 16.9 Å². The highest BCUT2D eigenvalue weighted by Crippen LogP contribution is 2.16. The first-order valence-electron chi connectivity index (χ1n) is 6.48. The van der Waals surface area contributed by atoms with Crippen LogP contribution in [0.5, 0.6) is 0 Å². The SMILES string of the molecule is CNc1nnc(C(=O)NCc2ccc(C(C)C)cc2)s1. The van der Waals surface area contributed by atoms with E-state index >= 15 is 0 Å². The molecule has 0 saturated carbocycles. The van der Waals surface area contributed by atoms with Crippen molar-refractivity contribution in [3.8, 4) is 0 Å². The van der Waals surface area contributed by atoms with Crippen LogP contribution in [-0.2, 0) is 6.54 Å². The van der Waals surface area contributed by atoms with Crippen LogP contribution in [0.2, 0.25) is 0 Å². The Morgan fingerprint density at radius 2 is 1.95 bits per heavy atom. The second-order valence-corrected chi connectivity index (χ2v) is 5.72. The Bertz CT molecular complexity index is 577. The summed E-state index contributed by atoms with van der Waals surface area (Å²) in [5, 5.41) is 14.4. The summed E-state index contributed by atoms with van der Waals surface area (Å²) in [5.41, 5.74) is 2.36. The molecule has 2 N–H and O–H groups in total. The van der Waals surface area contributed by atoms with Gasteiger partial charge >= 0.3 is 0 Å². The van der Waals surface area contributed by atoms with E-state index in [0.717, 1.165) is 5.56 Å². The van der Waals surface area contributed by atoms with E-state index in [1.54, 1.807) is 7.05 Å². The lowest BCUT2D eigenvalue weighted by Crippen LogP contribution is -2.22. The molecule has 6 heteroatoms. The molecule has 0 fully saturated rings. The molecule has 2 aromatic rings. The molecule has 0 aliphatic heterocycles. The number of hydrogen-bond donors (Lipinski definition) is 2. The molecule has 1 aromatic heterocycles. The van der Waals surface area contributed by atoms with Gasteiger partial charge in [-0.1, -0.05) is 49.4 Å². The fraction of sp³-hybridized carbons (Fsp3) is 0.357. The molecular weight excluding hydrogens is 272 g/mol. The van der Waals surface area contributed by atoms with Gasteiger partial charge in [0.15, 0.2) is 0 Å². The van der Waals surface area contributed by atoms with Gasteiger partial charge in [-0.05, 0) is 17.0 Å². The normalized spacial score (nSPS) is 10.6. The van der Waals surface area contributed by atoms with Crippen LogP contribution >= 0.6 is 11.3 Å². The van der Waals surface area contributed by atoms with Crippen molar-refractivity contribution in [3.05, 3.63) is 40.4 Å². The van der Waals surface area contributed by atoms with Crippen molar-refractivity contribution in [2.45, 2.75) is 26.3 Å². The van der Waals surface area contributed by atoms with Crippen molar-refractivity contribution in [1.82, 2.24) is 15.5 Å². The number of hydrogen-bond acceptors (Lipinski definition) is 5. The van der Waals surface area contributed by atoms with E-state index in [-0.39, 0.29) is 5.91 Å². The third kappa shape index (κ3) is 3.54. The summed E-state index contributed by atoms with van der Waals surface area (Å²) in [5.74, 6) is 0.317.